The maximum absolute atomic E-state index is 14.1. The lowest BCUT2D eigenvalue weighted by Crippen LogP contribution is -2.25. The Hall–Kier alpha value is -3.18. The summed E-state index contributed by atoms with van der Waals surface area (Å²) in [5.74, 6) is -0.785. The maximum atomic E-state index is 14.1. The van der Waals surface area contributed by atoms with E-state index < -0.39 is 5.97 Å². The van der Waals surface area contributed by atoms with Crippen LogP contribution in [0.15, 0.2) is 59.4 Å². The first-order valence-corrected chi connectivity index (χ1v) is 13.4. The second kappa shape index (κ2) is 10.2. The smallest absolute Gasteiger partial charge is 0.303 e. The molecule has 1 aliphatic rings. The average Bonchev–Trinajstić information content (AvgIpc) is 3.24. The van der Waals surface area contributed by atoms with Crippen molar-refractivity contribution in [2.24, 2.45) is 0 Å². The van der Waals surface area contributed by atoms with E-state index in [0.717, 1.165) is 39.9 Å². The molecule has 0 amide bonds. The molecule has 180 valence electrons. The normalized spacial score (nSPS) is 13.2. The Morgan fingerprint density at radius 2 is 1.74 bits per heavy atom. The molecule has 2 aromatic carbocycles. The second-order valence-electron chi connectivity index (χ2n) is 9.59. The lowest BCUT2D eigenvalue weighted by molar-refractivity contribution is -0.137. The Morgan fingerprint density at radius 1 is 1.00 bits per heavy atom. The molecule has 0 saturated carbocycles. The highest BCUT2D eigenvalue weighted by Gasteiger charge is 2.26. The van der Waals surface area contributed by atoms with Crippen LogP contribution < -0.4 is 5.56 Å². The third kappa shape index (κ3) is 4.83. The predicted octanol–water partition coefficient (Wildman–Crippen LogP) is 6.76. The van der Waals surface area contributed by atoms with Crippen LogP contribution in [0.1, 0.15) is 59.2 Å². The van der Waals surface area contributed by atoms with Crippen LogP contribution in [0.3, 0.4) is 0 Å². The van der Waals surface area contributed by atoms with Gasteiger partial charge < -0.3 is 5.11 Å². The number of nitrogens with zero attached hydrogens (tertiary/aromatic N) is 1. The van der Waals surface area contributed by atoms with Crippen LogP contribution in [0.2, 0.25) is 0 Å². The highest BCUT2D eigenvalue weighted by molar-refractivity contribution is 7.19. The van der Waals surface area contributed by atoms with Gasteiger partial charge in [0.15, 0.2) is 0 Å². The molecular formula is C30H31NO3S. The summed E-state index contributed by atoms with van der Waals surface area (Å²) in [5.41, 5.74) is 6.77. The zero-order chi connectivity index (χ0) is 24.4. The Morgan fingerprint density at radius 3 is 2.49 bits per heavy atom. The topological polar surface area (TPSA) is 59.3 Å². The summed E-state index contributed by atoms with van der Waals surface area (Å²) in [6, 6.07) is 18.7. The minimum atomic E-state index is -0.785. The maximum Gasteiger partial charge on any atom is 0.303 e. The molecule has 0 radical (unpaired) electrons. The van der Waals surface area contributed by atoms with Crippen molar-refractivity contribution >= 4 is 27.5 Å². The third-order valence-corrected chi connectivity index (χ3v) is 8.36. The number of carboxylic acids is 1. The molecule has 1 N–H and O–H groups in total. The van der Waals surface area contributed by atoms with Crippen molar-refractivity contribution in [2.45, 2.75) is 64.8 Å². The number of aromatic nitrogens is 1. The number of unbranched alkanes of at least 4 members (excludes halogenated alkanes) is 1. The number of hydrogen-bond acceptors (Lipinski definition) is 3. The summed E-state index contributed by atoms with van der Waals surface area (Å²) in [6.45, 7) is 2.63. The second-order valence-corrected chi connectivity index (χ2v) is 10.7. The predicted molar refractivity (Wildman–Crippen MR) is 144 cm³/mol. The number of pyridine rings is 1. The van der Waals surface area contributed by atoms with Gasteiger partial charge in [-0.1, -0.05) is 60.2 Å². The van der Waals surface area contributed by atoms with Crippen LogP contribution in [0.5, 0.6) is 0 Å². The minimum Gasteiger partial charge on any atom is -0.481 e. The van der Waals surface area contributed by atoms with Gasteiger partial charge in [-0.05, 0) is 68.6 Å². The summed E-state index contributed by atoms with van der Waals surface area (Å²) >= 11 is 1.80. The summed E-state index contributed by atoms with van der Waals surface area (Å²) in [5, 5.41) is 10.4. The van der Waals surface area contributed by atoms with E-state index in [9.17, 15) is 9.59 Å². The molecule has 5 heteroatoms. The quantitative estimate of drug-likeness (QED) is 0.280. The number of hydrogen-bond donors (Lipinski definition) is 1. The number of aliphatic carboxylic acids is 1. The summed E-state index contributed by atoms with van der Waals surface area (Å²) in [6.07, 6.45) is 6.48. The van der Waals surface area contributed by atoms with Crippen LogP contribution >= 0.6 is 11.3 Å². The van der Waals surface area contributed by atoms with Gasteiger partial charge in [-0.3, -0.25) is 14.2 Å². The SMILES string of the molecule is Cc1ccc(-c2c(CCCCC(=O)O)c(=O)n(Cc3ccccc3)c3sc4c(c23)CCCC4)cc1. The van der Waals surface area contributed by atoms with Crippen molar-refractivity contribution in [3.8, 4) is 11.1 Å². The molecule has 0 spiro atoms. The summed E-state index contributed by atoms with van der Waals surface area (Å²) in [7, 11) is 0. The number of rotatable bonds is 8. The lowest BCUT2D eigenvalue weighted by atomic mass is 9.89. The molecule has 0 fully saturated rings. The van der Waals surface area contributed by atoms with E-state index >= 15 is 0 Å². The highest BCUT2D eigenvalue weighted by atomic mass is 32.1. The lowest BCUT2D eigenvalue weighted by Gasteiger charge is -2.18. The number of carbonyl (C=O) groups is 1. The van der Waals surface area contributed by atoms with Gasteiger partial charge in [0.05, 0.1) is 6.54 Å². The van der Waals surface area contributed by atoms with Crippen molar-refractivity contribution in [1.82, 2.24) is 4.57 Å². The number of fused-ring (bicyclic) bond motifs is 3. The van der Waals surface area contributed by atoms with E-state index in [1.807, 2.05) is 22.8 Å². The molecule has 5 rings (SSSR count). The molecule has 2 aromatic heterocycles. The van der Waals surface area contributed by atoms with E-state index in [0.29, 0.717) is 25.8 Å². The Kier molecular flexibility index (Phi) is 6.87. The van der Waals surface area contributed by atoms with Crippen molar-refractivity contribution < 1.29 is 9.90 Å². The van der Waals surface area contributed by atoms with Crippen LogP contribution in [-0.2, 0) is 30.6 Å². The molecule has 0 unspecified atom stereocenters. The van der Waals surface area contributed by atoms with E-state index in [1.54, 1.807) is 11.3 Å². The van der Waals surface area contributed by atoms with E-state index in [2.05, 4.69) is 43.3 Å². The first kappa shape index (κ1) is 23.6. The van der Waals surface area contributed by atoms with Gasteiger partial charge in [-0.15, -0.1) is 11.3 Å². The molecular weight excluding hydrogens is 454 g/mol. The van der Waals surface area contributed by atoms with Gasteiger partial charge in [0.1, 0.15) is 4.83 Å². The van der Waals surface area contributed by atoms with Gasteiger partial charge in [0.25, 0.3) is 5.56 Å². The first-order valence-electron chi connectivity index (χ1n) is 12.6. The molecule has 0 bridgehead atoms. The molecule has 0 atom stereocenters. The summed E-state index contributed by atoms with van der Waals surface area (Å²) < 4.78 is 1.98. The number of aryl methyl sites for hydroxylation is 3. The van der Waals surface area contributed by atoms with Crippen molar-refractivity contribution in [2.75, 3.05) is 0 Å². The fraction of sp³-hybridized carbons (Fsp3) is 0.333. The fourth-order valence-electron chi connectivity index (χ4n) is 5.27. The van der Waals surface area contributed by atoms with Crippen molar-refractivity contribution in [1.29, 1.82) is 0 Å². The zero-order valence-electron chi connectivity index (χ0n) is 20.2. The average molecular weight is 486 g/mol. The van der Waals surface area contributed by atoms with Gasteiger partial charge >= 0.3 is 5.97 Å². The van der Waals surface area contributed by atoms with Gasteiger partial charge in [0, 0.05) is 27.8 Å². The van der Waals surface area contributed by atoms with Crippen LogP contribution in [0.25, 0.3) is 21.3 Å². The Labute approximate surface area is 209 Å². The van der Waals surface area contributed by atoms with Gasteiger partial charge in [0.2, 0.25) is 0 Å². The van der Waals surface area contributed by atoms with E-state index in [-0.39, 0.29) is 12.0 Å². The van der Waals surface area contributed by atoms with E-state index in [4.69, 9.17) is 5.11 Å². The van der Waals surface area contributed by atoms with Crippen LogP contribution in [-0.4, -0.2) is 15.6 Å². The molecule has 35 heavy (non-hydrogen) atoms. The van der Waals surface area contributed by atoms with Crippen LogP contribution in [0.4, 0.5) is 0 Å². The molecule has 4 aromatic rings. The molecule has 4 nitrogen and oxygen atoms in total. The standard InChI is InChI=1S/C30H31NO3S/c1-20-15-17-22(18-16-20)27-24(12-6-8-14-26(32)33)29(34)31(19-21-9-3-2-4-10-21)30-28(27)23-11-5-7-13-25(23)35-30/h2-4,9-10,15-18H,5-8,11-14,19H2,1H3,(H,32,33). The van der Waals surface area contributed by atoms with Crippen molar-refractivity contribution in [3.63, 3.8) is 0 Å². The molecule has 0 saturated heterocycles. The highest BCUT2D eigenvalue weighted by Crippen LogP contribution is 2.42. The van der Waals surface area contributed by atoms with Crippen LogP contribution in [0, 0.1) is 6.92 Å². The Balaban J connectivity index is 1.75. The number of thiophene rings is 1. The van der Waals surface area contributed by atoms with Crippen molar-refractivity contribution in [3.05, 3.63) is 92.1 Å². The molecule has 2 heterocycles. The third-order valence-electron chi connectivity index (χ3n) is 7.04. The molecule has 0 aliphatic heterocycles. The van der Waals surface area contributed by atoms with E-state index in [1.165, 1.54) is 34.2 Å². The van der Waals surface area contributed by atoms with Gasteiger partial charge in [-0.25, -0.2) is 0 Å². The first-order chi connectivity index (χ1) is 17.0. The largest absolute Gasteiger partial charge is 0.481 e. The Bertz CT molecular complexity index is 1410. The minimum absolute atomic E-state index is 0.0610. The monoisotopic (exact) mass is 485 g/mol. The number of benzene rings is 2. The van der Waals surface area contributed by atoms with Gasteiger partial charge in [-0.2, -0.15) is 0 Å². The number of carboxylic acid groups (broad SMARTS) is 1. The zero-order valence-corrected chi connectivity index (χ0v) is 21.0. The molecule has 1 aliphatic carbocycles. The summed E-state index contributed by atoms with van der Waals surface area (Å²) in [4.78, 5) is 27.7. The fourth-order valence-corrected chi connectivity index (χ4v) is 6.66.